The highest BCUT2D eigenvalue weighted by Crippen LogP contribution is 2.48. The van der Waals surface area contributed by atoms with E-state index < -0.39 is 29.9 Å². The van der Waals surface area contributed by atoms with Crippen molar-refractivity contribution in [2.24, 2.45) is 11.8 Å². The Balaban J connectivity index is 1.89. The van der Waals surface area contributed by atoms with E-state index in [-0.39, 0.29) is 24.6 Å². The molecule has 4 rings (SSSR count). The lowest BCUT2D eigenvalue weighted by molar-refractivity contribution is -0.144. The number of rotatable bonds is 3. The van der Waals surface area contributed by atoms with Gasteiger partial charge in [0.25, 0.3) is 11.5 Å². The molecule has 2 bridgehead atoms. The van der Waals surface area contributed by atoms with Crippen molar-refractivity contribution in [3.8, 4) is 0 Å². The van der Waals surface area contributed by atoms with Crippen LogP contribution in [0.4, 0.5) is 0 Å². The minimum Gasteiger partial charge on any atom is -0.481 e. The van der Waals surface area contributed by atoms with Gasteiger partial charge in [0.05, 0.1) is 18.0 Å². The average Bonchev–Trinajstić information content (AvgIpc) is 2.89. The molecule has 1 amide bonds. The number of aliphatic carboxylic acids is 1. The summed E-state index contributed by atoms with van der Waals surface area (Å²) in [6.45, 7) is -0.182. The Morgan fingerprint density at radius 3 is 2.46 bits per heavy atom. The first kappa shape index (κ1) is 16.5. The van der Waals surface area contributed by atoms with Gasteiger partial charge in [-0.2, -0.15) is 0 Å². The predicted octanol–water partition coefficient (Wildman–Crippen LogP) is 0.737. The maximum atomic E-state index is 13.1. The van der Waals surface area contributed by atoms with Crippen molar-refractivity contribution in [1.29, 1.82) is 0 Å². The van der Waals surface area contributed by atoms with Crippen LogP contribution in [0, 0.1) is 11.8 Å². The van der Waals surface area contributed by atoms with Crippen LogP contribution in [0.3, 0.4) is 0 Å². The molecule has 0 aliphatic carbocycles. The molecule has 4 atom stereocenters. The standard InChI is InChI=1S/C19H18N2O5/c22-10-12-14-9-20-13(7-4-8-15(20)23)17(16(12)19(25)26)21(14)18(24)11-5-2-1-3-6-11/h1-8,12,14,16-17,22H,9-10H2,(H,25,26)/t12-,14-,16+,17+/m0/s1. The second-order valence-corrected chi connectivity index (χ2v) is 6.70. The maximum absolute atomic E-state index is 13.1. The minimum absolute atomic E-state index is 0.180. The summed E-state index contributed by atoms with van der Waals surface area (Å²) in [7, 11) is 0. The summed E-state index contributed by atoms with van der Waals surface area (Å²) in [6.07, 6.45) is 0. The normalized spacial score (nSPS) is 26.4. The number of carboxylic acid groups (broad SMARTS) is 1. The van der Waals surface area contributed by atoms with Crippen LogP contribution in [0.25, 0.3) is 0 Å². The number of amides is 1. The number of benzene rings is 1. The zero-order valence-corrected chi connectivity index (χ0v) is 13.9. The fraction of sp³-hybridized carbons (Fsp3) is 0.316. The van der Waals surface area contributed by atoms with Crippen LogP contribution in [0.5, 0.6) is 0 Å². The Morgan fingerprint density at radius 1 is 1.08 bits per heavy atom. The number of aliphatic hydroxyl groups excluding tert-OH is 1. The Kier molecular flexibility index (Phi) is 3.88. The molecule has 1 aromatic carbocycles. The molecule has 26 heavy (non-hydrogen) atoms. The Hall–Kier alpha value is -2.93. The van der Waals surface area contributed by atoms with E-state index in [1.54, 1.807) is 47.4 Å². The highest BCUT2D eigenvalue weighted by molar-refractivity contribution is 5.95. The topological polar surface area (TPSA) is 99.8 Å². The van der Waals surface area contributed by atoms with Crippen LogP contribution in [0.2, 0.25) is 0 Å². The molecule has 2 aliphatic rings. The number of pyridine rings is 1. The zero-order chi connectivity index (χ0) is 18.4. The van der Waals surface area contributed by atoms with E-state index >= 15 is 0 Å². The van der Waals surface area contributed by atoms with Crippen LogP contribution in [0.1, 0.15) is 22.1 Å². The van der Waals surface area contributed by atoms with E-state index in [2.05, 4.69) is 0 Å². The number of aliphatic hydroxyl groups is 1. The summed E-state index contributed by atoms with van der Waals surface area (Å²) in [5.74, 6) is -2.96. The van der Waals surface area contributed by atoms with Gasteiger partial charge in [-0.25, -0.2) is 0 Å². The van der Waals surface area contributed by atoms with Gasteiger partial charge in [-0.15, -0.1) is 0 Å². The van der Waals surface area contributed by atoms with Crippen LogP contribution >= 0.6 is 0 Å². The van der Waals surface area contributed by atoms with Crippen LogP contribution < -0.4 is 5.56 Å². The number of fused-ring (bicyclic) bond motifs is 4. The molecule has 0 saturated carbocycles. The fourth-order valence-electron chi connectivity index (χ4n) is 4.35. The second kappa shape index (κ2) is 6.10. The van der Waals surface area contributed by atoms with Crippen molar-refractivity contribution in [1.82, 2.24) is 9.47 Å². The van der Waals surface area contributed by atoms with E-state index in [0.29, 0.717) is 11.3 Å². The molecule has 2 N–H and O–H groups in total. The smallest absolute Gasteiger partial charge is 0.309 e. The summed E-state index contributed by atoms with van der Waals surface area (Å²) in [4.78, 5) is 38.9. The molecular formula is C19H18N2O5. The Labute approximate surface area is 149 Å². The molecule has 0 radical (unpaired) electrons. The summed E-state index contributed by atoms with van der Waals surface area (Å²) in [6, 6.07) is 12.0. The van der Waals surface area contributed by atoms with Gasteiger partial charge in [0.2, 0.25) is 0 Å². The number of carbonyl (C=O) groups excluding carboxylic acids is 1. The molecule has 0 spiro atoms. The minimum atomic E-state index is -1.08. The molecule has 7 nitrogen and oxygen atoms in total. The maximum Gasteiger partial charge on any atom is 0.309 e. The van der Waals surface area contributed by atoms with Crippen molar-refractivity contribution in [2.75, 3.05) is 6.61 Å². The van der Waals surface area contributed by atoms with E-state index in [1.165, 1.54) is 10.6 Å². The van der Waals surface area contributed by atoms with Gasteiger partial charge in [-0.3, -0.25) is 14.4 Å². The number of carbonyl (C=O) groups is 2. The van der Waals surface area contributed by atoms with Gasteiger partial charge in [-0.05, 0) is 18.2 Å². The van der Waals surface area contributed by atoms with Crippen molar-refractivity contribution >= 4 is 11.9 Å². The van der Waals surface area contributed by atoms with Crippen molar-refractivity contribution < 1.29 is 19.8 Å². The average molecular weight is 354 g/mol. The number of carboxylic acids is 1. The molecule has 7 heteroatoms. The van der Waals surface area contributed by atoms with E-state index in [1.807, 2.05) is 0 Å². The lowest BCUT2D eigenvalue weighted by Crippen LogP contribution is -2.49. The van der Waals surface area contributed by atoms with Gasteiger partial charge in [-0.1, -0.05) is 24.3 Å². The first-order valence-electron chi connectivity index (χ1n) is 8.45. The molecule has 3 heterocycles. The summed E-state index contributed by atoms with van der Waals surface area (Å²) >= 11 is 0. The summed E-state index contributed by atoms with van der Waals surface area (Å²) in [5.41, 5.74) is 0.727. The molecule has 1 fully saturated rings. The number of aromatic nitrogens is 1. The van der Waals surface area contributed by atoms with Crippen LogP contribution in [-0.4, -0.2) is 44.2 Å². The van der Waals surface area contributed by atoms with Crippen LogP contribution in [-0.2, 0) is 11.3 Å². The van der Waals surface area contributed by atoms with E-state index in [4.69, 9.17) is 0 Å². The number of hydrogen-bond acceptors (Lipinski definition) is 4. The van der Waals surface area contributed by atoms with Gasteiger partial charge >= 0.3 is 5.97 Å². The quantitative estimate of drug-likeness (QED) is 0.847. The first-order valence-corrected chi connectivity index (χ1v) is 8.45. The van der Waals surface area contributed by atoms with Crippen molar-refractivity contribution in [3.63, 3.8) is 0 Å². The highest BCUT2D eigenvalue weighted by atomic mass is 16.4. The van der Waals surface area contributed by atoms with Gasteiger partial charge in [0.15, 0.2) is 0 Å². The van der Waals surface area contributed by atoms with Crippen molar-refractivity contribution in [3.05, 3.63) is 70.1 Å². The van der Waals surface area contributed by atoms with E-state index in [0.717, 1.165) is 0 Å². The lowest BCUT2D eigenvalue weighted by atomic mass is 9.87. The fourth-order valence-corrected chi connectivity index (χ4v) is 4.35. The van der Waals surface area contributed by atoms with Gasteiger partial charge in [0.1, 0.15) is 0 Å². The largest absolute Gasteiger partial charge is 0.481 e. The van der Waals surface area contributed by atoms with E-state index in [9.17, 15) is 24.6 Å². The molecule has 1 saturated heterocycles. The molecule has 2 aromatic rings. The third-order valence-corrected chi connectivity index (χ3v) is 5.46. The molecule has 0 unspecified atom stereocenters. The monoisotopic (exact) mass is 354 g/mol. The first-order chi connectivity index (χ1) is 12.5. The molecular weight excluding hydrogens is 336 g/mol. The number of nitrogens with zero attached hydrogens (tertiary/aromatic N) is 2. The second-order valence-electron chi connectivity index (χ2n) is 6.70. The van der Waals surface area contributed by atoms with Gasteiger partial charge in [0, 0.05) is 36.4 Å². The number of hydrogen-bond donors (Lipinski definition) is 2. The molecule has 2 aliphatic heterocycles. The highest BCUT2D eigenvalue weighted by Gasteiger charge is 2.57. The predicted molar refractivity (Wildman–Crippen MR) is 91.5 cm³/mol. The van der Waals surface area contributed by atoms with Gasteiger partial charge < -0.3 is 19.7 Å². The summed E-state index contributed by atoms with van der Waals surface area (Å²) < 4.78 is 1.52. The third-order valence-electron chi connectivity index (χ3n) is 5.46. The Bertz CT molecular complexity index is 923. The lowest BCUT2D eigenvalue weighted by Gasteiger charge is -2.38. The zero-order valence-electron chi connectivity index (χ0n) is 13.9. The molecule has 134 valence electrons. The Morgan fingerprint density at radius 2 is 1.81 bits per heavy atom. The molecule has 1 aromatic heterocycles. The van der Waals surface area contributed by atoms with Crippen LogP contribution in [0.15, 0.2) is 53.3 Å². The van der Waals surface area contributed by atoms with Crippen molar-refractivity contribution in [2.45, 2.75) is 18.6 Å². The SMILES string of the molecule is O=C(O)[C@@H]1[C@@H](CO)[C@@H]2Cn3c(cccc3=O)[C@H]1N2C(=O)c1ccccc1. The third kappa shape index (κ3) is 2.28. The summed E-state index contributed by atoms with van der Waals surface area (Å²) in [5, 5.41) is 19.7.